The van der Waals surface area contributed by atoms with E-state index in [0.29, 0.717) is 43.4 Å². The summed E-state index contributed by atoms with van der Waals surface area (Å²) < 4.78 is 41.6. The summed E-state index contributed by atoms with van der Waals surface area (Å²) in [5.41, 5.74) is 1.75. The number of nitrogens with one attached hydrogen (secondary N) is 2. The zero-order valence-corrected chi connectivity index (χ0v) is 23.8. The number of carbonyl (C=O) groups is 3. The number of nitrogens with zero attached hydrogens (tertiary/aromatic N) is 1. The molecule has 0 bridgehead atoms. The lowest BCUT2D eigenvalue weighted by Gasteiger charge is -2.38. The van der Waals surface area contributed by atoms with Crippen LogP contribution < -0.4 is 15.4 Å². The van der Waals surface area contributed by atoms with E-state index in [4.69, 9.17) is 5.11 Å². The number of alkyl halides is 3. The first-order chi connectivity index (χ1) is 21.0. The molecular formula is C33H32F3N3O5. The van der Waals surface area contributed by atoms with E-state index < -0.39 is 35.3 Å². The highest BCUT2D eigenvalue weighted by Gasteiger charge is 2.41. The van der Waals surface area contributed by atoms with Crippen molar-refractivity contribution in [2.24, 2.45) is 11.8 Å². The lowest BCUT2D eigenvalue weighted by molar-refractivity contribution is -0.274. The van der Waals surface area contributed by atoms with Crippen molar-refractivity contribution in [2.75, 3.05) is 11.9 Å². The molecule has 1 aliphatic rings. The number of carboxylic acid groups (broad SMARTS) is 1. The van der Waals surface area contributed by atoms with Gasteiger partial charge >= 0.3 is 12.3 Å². The van der Waals surface area contributed by atoms with Gasteiger partial charge in [0, 0.05) is 23.7 Å². The maximum absolute atomic E-state index is 13.7. The van der Waals surface area contributed by atoms with Gasteiger partial charge in [0.2, 0.25) is 5.91 Å². The van der Waals surface area contributed by atoms with Crippen LogP contribution >= 0.6 is 0 Å². The molecule has 0 heterocycles. The number of hydrogen-bond donors (Lipinski definition) is 3. The van der Waals surface area contributed by atoms with Crippen molar-refractivity contribution >= 4 is 23.5 Å². The summed E-state index contributed by atoms with van der Waals surface area (Å²) in [5.74, 6) is -2.74. The van der Waals surface area contributed by atoms with Crippen molar-refractivity contribution in [3.05, 3.63) is 95.6 Å². The van der Waals surface area contributed by atoms with Crippen LogP contribution in [0, 0.1) is 23.2 Å². The highest BCUT2D eigenvalue weighted by Crippen LogP contribution is 2.44. The molecule has 0 radical (unpaired) electrons. The predicted octanol–water partition coefficient (Wildman–Crippen LogP) is 6.24. The number of amides is 2. The molecule has 1 saturated carbocycles. The van der Waals surface area contributed by atoms with Crippen LogP contribution in [0.15, 0.2) is 78.9 Å². The standard InChI is InChI=1S/C33H32F3N3O5/c34-33(35,36)44-27-12-10-26(11-13-27)39-31(43)28(20-22-6-8-24(9-7-22)30(42)38-19-16-29(40)41)23-14-17-32(21-37,18-15-23)25-4-2-1-3-5-25/h1-13,23,28H,14-20H2,(H,38,42)(H,39,43)(H,40,41). The molecule has 1 aliphatic carbocycles. The fourth-order valence-corrected chi connectivity index (χ4v) is 5.64. The number of ether oxygens (including phenoxy) is 1. The zero-order valence-electron chi connectivity index (χ0n) is 23.8. The second kappa shape index (κ2) is 14.1. The summed E-state index contributed by atoms with van der Waals surface area (Å²) in [4.78, 5) is 36.7. The van der Waals surface area contributed by atoms with Crippen molar-refractivity contribution in [1.29, 1.82) is 5.26 Å². The molecule has 0 aromatic heterocycles. The zero-order chi connectivity index (χ0) is 31.7. The second-order valence-corrected chi connectivity index (χ2v) is 10.9. The fraction of sp³-hybridized carbons (Fsp3) is 0.333. The van der Waals surface area contributed by atoms with Crippen LogP contribution in [0.2, 0.25) is 0 Å². The average molecular weight is 608 g/mol. The molecule has 230 valence electrons. The van der Waals surface area contributed by atoms with Gasteiger partial charge in [-0.05, 0) is 85.5 Å². The van der Waals surface area contributed by atoms with Gasteiger partial charge in [-0.25, -0.2) is 0 Å². The van der Waals surface area contributed by atoms with Crippen LogP contribution in [0.5, 0.6) is 5.75 Å². The molecule has 3 aromatic rings. The minimum Gasteiger partial charge on any atom is -0.481 e. The smallest absolute Gasteiger partial charge is 0.481 e. The molecule has 44 heavy (non-hydrogen) atoms. The van der Waals surface area contributed by atoms with Crippen LogP contribution in [0.3, 0.4) is 0 Å². The molecule has 1 fully saturated rings. The lowest BCUT2D eigenvalue weighted by atomic mass is 9.64. The Morgan fingerprint density at radius 3 is 2.18 bits per heavy atom. The van der Waals surface area contributed by atoms with E-state index in [9.17, 15) is 32.8 Å². The third-order valence-corrected chi connectivity index (χ3v) is 7.98. The first-order valence-corrected chi connectivity index (χ1v) is 14.2. The van der Waals surface area contributed by atoms with Gasteiger partial charge in [0.15, 0.2) is 0 Å². The van der Waals surface area contributed by atoms with E-state index in [1.54, 1.807) is 24.3 Å². The van der Waals surface area contributed by atoms with E-state index >= 15 is 0 Å². The molecule has 1 atom stereocenters. The summed E-state index contributed by atoms with van der Waals surface area (Å²) >= 11 is 0. The third-order valence-electron chi connectivity index (χ3n) is 7.98. The maximum Gasteiger partial charge on any atom is 0.573 e. The second-order valence-electron chi connectivity index (χ2n) is 10.9. The van der Waals surface area contributed by atoms with Gasteiger partial charge in [-0.15, -0.1) is 13.2 Å². The van der Waals surface area contributed by atoms with E-state index in [0.717, 1.165) is 23.3 Å². The van der Waals surface area contributed by atoms with E-state index in [1.807, 2.05) is 30.3 Å². The van der Waals surface area contributed by atoms with Crippen LogP contribution in [0.4, 0.5) is 18.9 Å². The van der Waals surface area contributed by atoms with Gasteiger partial charge in [0.1, 0.15) is 5.75 Å². The van der Waals surface area contributed by atoms with Crippen molar-refractivity contribution in [2.45, 2.75) is 50.3 Å². The van der Waals surface area contributed by atoms with Crippen molar-refractivity contribution < 1.29 is 37.4 Å². The lowest BCUT2D eigenvalue weighted by Crippen LogP contribution is -2.37. The number of rotatable bonds is 11. The molecular weight excluding hydrogens is 575 g/mol. The summed E-state index contributed by atoms with van der Waals surface area (Å²) in [5, 5.41) is 24.3. The summed E-state index contributed by atoms with van der Waals surface area (Å²) in [6.07, 6.45) is -2.33. The molecule has 0 saturated heterocycles. The average Bonchev–Trinajstić information content (AvgIpc) is 3.00. The number of carboxylic acids is 1. The molecule has 2 amide bonds. The number of anilines is 1. The van der Waals surface area contributed by atoms with Crippen molar-refractivity contribution in [1.82, 2.24) is 5.32 Å². The Balaban J connectivity index is 1.50. The van der Waals surface area contributed by atoms with Crippen LogP contribution in [-0.2, 0) is 21.4 Å². The van der Waals surface area contributed by atoms with E-state index in [1.165, 1.54) is 12.1 Å². The topological polar surface area (TPSA) is 129 Å². The van der Waals surface area contributed by atoms with Crippen LogP contribution in [-0.4, -0.2) is 35.8 Å². The highest BCUT2D eigenvalue weighted by molar-refractivity contribution is 5.94. The van der Waals surface area contributed by atoms with Crippen LogP contribution in [0.1, 0.15) is 53.6 Å². The minimum absolute atomic E-state index is 0.00365. The Labute approximate surface area is 252 Å². The van der Waals surface area contributed by atoms with Gasteiger partial charge in [-0.1, -0.05) is 42.5 Å². The largest absolute Gasteiger partial charge is 0.573 e. The van der Waals surface area contributed by atoms with Crippen LogP contribution in [0.25, 0.3) is 0 Å². The summed E-state index contributed by atoms with van der Waals surface area (Å²) in [6.45, 7) is -0.00365. The van der Waals surface area contributed by atoms with Gasteiger partial charge in [0.05, 0.1) is 17.9 Å². The first kappa shape index (κ1) is 32.1. The molecule has 4 rings (SSSR count). The number of carbonyl (C=O) groups excluding carboxylic acids is 2. The van der Waals surface area contributed by atoms with E-state index in [-0.39, 0.29) is 24.8 Å². The molecule has 3 aromatic carbocycles. The first-order valence-electron chi connectivity index (χ1n) is 14.2. The molecule has 11 heteroatoms. The molecule has 0 spiro atoms. The third kappa shape index (κ3) is 8.60. The van der Waals surface area contributed by atoms with E-state index in [2.05, 4.69) is 21.4 Å². The molecule has 3 N–H and O–H groups in total. The van der Waals surface area contributed by atoms with Gasteiger partial charge in [-0.3, -0.25) is 14.4 Å². The number of nitriles is 1. The Morgan fingerprint density at radius 1 is 0.977 bits per heavy atom. The number of hydrogen-bond acceptors (Lipinski definition) is 5. The van der Waals surface area contributed by atoms with Gasteiger partial charge < -0.3 is 20.5 Å². The molecule has 1 unspecified atom stereocenters. The predicted molar refractivity (Wildman–Crippen MR) is 156 cm³/mol. The molecule has 8 nitrogen and oxygen atoms in total. The summed E-state index contributed by atoms with van der Waals surface area (Å²) in [7, 11) is 0. The Hall–Kier alpha value is -4.85. The number of benzene rings is 3. The highest BCUT2D eigenvalue weighted by atomic mass is 19.4. The monoisotopic (exact) mass is 607 g/mol. The summed E-state index contributed by atoms with van der Waals surface area (Å²) in [6, 6.07) is 23.7. The Bertz CT molecular complexity index is 1480. The minimum atomic E-state index is -4.83. The SMILES string of the molecule is N#CC1(c2ccccc2)CCC(C(Cc2ccc(C(=O)NCCC(=O)O)cc2)C(=O)Nc2ccc(OC(F)(F)F)cc2)CC1. The van der Waals surface area contributed by atoms with Crippen molar-refractivity contribution in [3.63, 3.8) is 0 Å². The Kier molecular flexibility index (Phi) is 10.3. The van der Waals surface area contributed by atoms with Gasteiger partial charge in [0.25, 0.3) is 5.91 Å². The maximum atomic E-state index is 13.7. The number of aliphatic carboxylic acids is 1. The quantitative estimate of drug-likeness (QED) is 0.237. The molecule has 0 aliphatic heterocycles. The Morgan fingerprint density at radius 2 is 1.61 bits per heavy atom. The van der Waals surface area contributed by atoms with Gasteiger partial charge in [-0.2, -0.15) is 5.26 Å². The van der Waals surface area contributed by atoms with Crippen molar-refractivity contribution in [3.8, 4) is 11.8 Å². The normalized spacial score (nSPS) is 18.8. The number of halogens is 3. The fourth-order valence-electron chi connectivity index (χ4n) is 5.64.